The Balaban J connectivity index is 2.18. The number of rotatable bonds is 7. The van der Waals surface area contributed by atoms with E-state index in [1.807, 2.05) is 12.1 Å². The third kappa shape index (κ3) is 5.89. The van der Waals surface area contributed by atoms with Gasteiger partial charge in [0.25, 0.3) is 0 Å². The molecule has 4 N–H and O–H groups in total. The zero-order chi connectivity index (χ0) is 12.5. The van der Waals surface area contributed by atoms with Crippen LogP contribution in [0.1, 0.15) is 5.56 Å². The predicted octanol–water partition coefficient (Wildman–Crippen LogP) is -0.0636. The van der Waals surface area contributed by atoms with Gasteiger partial charge >= 0.3 is 0 Å². The summed E-state index contributed by atoms with van der Waals surface area (Å²) in [5, 5.41) is 11.2. The molecular weight excluding hydrogens is 220 g/mol. The maximum atomic E-state index is 11.5. The summed E-state index contributed by atoms with van der Waals surface area (Å²) in [4.78, 5) is 11.5. The van der Waals surface area contributed by atoms with Gasteiger partial charge in [-0.3, -0.25) is 4.79 Å². The molecule has 0 aliphatic carbocycles. The van der Waals surface area contributed by atoms with Crippen LogP contribution in [0.3, 0.4) is 0 Å². The average molecular weight is 238 g/mol. The lowest BCUT2D eigenvalue weighted by atomic mass is 10.1. The Morgan fingerprint density at radius 2 is 2.00 bits per heavy atom. The third-order valence-electron chi connectivity index (χ3n) is 2.15. The standard InChI is InChI=1S/C12H18N2O3/c13-11-3-1-10(2-4-11)9-12(16)14-5-7-17-8-6-15/h1-4,15H,5-9,13H2,(H,14,16). The van der Waals surface area contributed by atoms with Gasteiger partial charge in [-0.2, -0.15) is 0 Å². The number of benzene rings is 1. The highest BCUT2D eigenvalue weighted by Gasteiger charge is 2.02. The van der Waals surface area contributed by atoms with Crippen LogP contribution in [0.5, 0.6) is 0 Å². The quantitative estimate of drug-likeness (QED) is 0.459. The number of nitrogen functional groups attached to an aromatic ring is 1. The average Bonchev–Trinajstić information content (AvgIpc) is 2.32. The summed E-state index contributed by atoms with van der Waals surface area (Å²) in [5.41, 5.74) is 7.16. The fourth-order valence-corrected chi connectivity index (χ4v) is 1.31. The summed E-state index contributed by atoms with van der Waals surface area (Å²) in [6.45, 7) is 1.16. The fourth-order valence-electron chi connectivity index (χ4n) is 1.31. The molecule has 94 valence electrons. The summed E-state index contributed by atoms with van der Waals surface area (Å²) in [5.74, 6) is -0.0534. The molecule has 0 aliphatic rings. The second-order valence-electron chi connectivity index (χ2n) is 3.60. The van der Waals surface area contributed by atoms with E-state index < -0.39 is 0 Å². The smallest absolute Gasteiger partial charge is 0.224 e. The Hall–Kier alpha value is -1.59. The zero-order valence-corrected chi connectivity index (χ0v) is 9.69. The highest BCUT2D eigenvalue weighted by atomic mass is 16.5. The van der Waals surface area contributed by atoms with Crippen molar-refractivity contribution in [2.24, 2.45) is 0 Å². The number of nitrogens with one attached hydrogen (secondary N) is 1. The minimum Gasteiger partial charge on any atom is -0.399 e. The van der Waals surface area contributed by atoms with Crippen molar-refractivity contribution in [1.82, 2.24) is 5.32 Å². The molecule has 1 rings (SSSR count). The number of aliphatic hydroxyl groups is 1. The van der Waals surface area contributed by atoms with E-state index in [1.165, 1.54) is 0 Å². The van der Waals surface area contributed by atoms with Crippen molar-refractivity contribution in [2.45, 2.75) is 6.42 Å². The molecule has 0 radical (unpaired) electrons. The largest absolute Gasteiger partial charge is 0.399 e. The number of aliphatic hydroxyl groups excluding tert-OH is 1. The highest BCUT2D eigenvalue weighted by Crippen LogP contribution is 2.05. The van der Waals surface area contributed by atoms with Crippen LogP contribution < -0.4 is 11.1 Å². The van der Waals surface area contributed by atoms with Gasteiger partial charge in [0.2, 0.25) is 5.91 Å². The van der Waals surface area contributed by atoms with Gasteiger partial charge in [-0.25, -0.2) is 0 Å². The molecule has 0 aliphatic heterocycles. The summed E-state index contributed by atoms with van der Waals surface area (Å²) >= 11 is 0. The number of carbonyl (C=O) groups excluding carboxylic acids is 1. The number of amides is 1. The summed E-state index contributed by atoms with van der Waals surface area (Å²) in [7, 11) is 0. The van der Waals surface area contributed by atoms with Crippen LogP contribution in [-0.2, 0) is 16.0 Å². The maximum Gasteiger partial charge on any atom is 0.224 e. The lowest BCUT2D eigenvalue weighted by Crippen LogP contribution is -2.28. The number of anilines is 1. The Morgan fingerprint density at radius 1 is 1.29 bits per heavy atom. The van der Waals surface area contributed by atoms with Crippen molar-refractivity contribution in [1.29, 1.82) is 0 Å². The van der Waals surface area contributed by atoms with Crippen molar-refractivity contribution in [2.75, 3.05) is 32.1 Å². The number of nitrogens with two attached hydrogens (primary N) is 1. The summed E-state index contributed by atoms with van der Waals surface area (Å²) in [6.07, 6.45) is 0.334. The molecule has 17 heavy (non-hydrogen) atoms. The normalized spacial score (nSPS) is 10.2. The summed E-state index contributed by atoms with van der Waals surface area (Å²) < 4.78 is 5.02. The topological polar surface area (TPSA) is 84.6 Å². The van der Waals surface area contributed by atoms with Gasteiger partial charge in [-0.1, -0.05) is 12.1 Å². The number of hydrogen-bond donors (Lipinski definition) is 3. The van der Waals surface area contributed by atoms with Gasteiger partial charge in [0.15, 0.2) is 0 Å². The molecule has 1 aromatic carbocycles. The molecule has 0 atom stereocenters. The first-order valence-corrected chi connectivity index (χ1v) is 5.52. The minimum absolute atomic E-state index is 0.000611. The molecule has 0 spiro atoms. The first kappa shape index (κ1) is 13.5. The molecule has 0 aromatic heterocycles. The van der Waals surface area contributed by atoms with E-state index in [2.05, 4.69) is 5.32 Å². The van der Waals surface area contributed by atoms with Crippen molar-refractivity contribution >= 4 is 11.6 Å². The molecule has 0 fully saturated rings. The second-order valence-corrected chi connectivity index (χ2v) is 3.60. The van der Waals surface area contributed by atoms with Gasteiger partial charge in [-0.05, 0) is 17.7 Å². The Morgan fingerprint density at radius 3 is 2.65 bits per heavy atom. The van der Waals surface area contributed by atoms with Crippen LogP contribution in [0.2, 0.25) is 0 Å². The fraction of sp³-hybridized carbons (Fsp3) is 0.417. The SMILES string of the molecule is Nc1ccc(CC(=O)NCCOCCO)cc1. The third-order valence-corrected chi connectivity index (χ3v) is 2.15. The molecule has 0 saturated carbocycles. The summed E-state index contributed by atoms with van der Waals surface area (Å²) in [6, 6.07) is 7.20. The van der Waals surface area contributed by atoms with Crippen LogP contribution in [0, 0.1) is 0 Å². The second kappa shape index (κ2) is 7.65. The van der Waals surface area contributed by atoms with Crippen molar-refractivity contribution in [3.05, 3.63) is 29.8 Å². The molecule has 1 aromatic rings. The molecular formula is C12H18N2O3. The van der Waals surface area contributed by atoms with Crippen LogP contribution in [0.4, 0.5) is 5.69 Å². The van der Waals surface area contributed by atoms with Crippen molar-refractivity contribution < 1.29 is 14.6 Å². The lowest BCUT2D eigenvalue weighted by Gasteiger charge is -2.06. The van der Waals surface area contributed by atoms with Crippen molar-refractivity contribution in [3.63, 3.8) is 0 Å². The van der Waals surface area contributed by atoms with Crippen LogP contribution in [0.15, 0.2) is 24.3 Å². The Labute approximate surface area is 101 Å². The first-order chi connectivity index (χ1) is 8.22. The number of carbonyl (C=O) groups is 1. The Kier molecular flexibility index (Phi) is 6.06. The highest BCUT2D eigenvalue weighted by molar-refractivity contribution is 5.78. The Bertz CT molecular complexity index is 338. The van der Waals surface area contributed by atoms with E-state index in [9.17, 15) is 4.79 Å². The lowest BCUT2D eigenvalue weighted by molar-refractivity contribution is -0.120. The first-order valence-electron chi connectivity index (χ1n) is 5.52. The van der Waals surface area contributed by atoms with E-state index in [0.29, 0.717) is 31.9 Å². The molecule has 0 bridgehead atoms. The van der Waals surface area contributed by atoms with Gasteiger partial charge < -0.3 is 20.9 Å². The number of ether oxygens (including phenoxy) is 1. The van der Waals surface area contributed by atoms with Crippen LogP contribution in [0.25, 0.3) is 0 Å². The molecule has 0 heterocycles. The minimum atomic E-state index is -0.0534. The molecule has 0 unspecified atom stereocenters. The molecule has 0 saturated heterocycles. The number of hydrogen-bond acceptors (Lipinski definition) is 4. The van der Waals surface area contributed by atoms with E-state index in [-0.39, 0.29) is 12.5 Å². The molecule has 1 amide bonds. The maximum absolute atomic E-state index is 11.5. The van der Waals surface area contributed by atoms with Gasteiger partial charge in [-0.15, -0.1) is 0 Å². The molecule has 5 nitrogen and oxygen atoms in total. The van der Waals surface area contributed by atoms with Gasteiger partial charge in [0.05, 0.1) is 26.2 Å². The van der Waals surface area contributed by atoms with Crippen LogP contribution >= 0.6 is 0 Å². The van der Waals surface area contributed by atoms with Crippen LogP contribution in [-0.4, -0.2) is 37.4 Å². The van der Waals surface area contributed by atoms with E-state index in [4.69, 9.17) is 15.6 Å². The van der Waals surface area contributed by atoms with E-state index in [1.54, 1.807) is 12.1 Å². The van der Waals surface area contributed by atoms with Gasteiger partial charge in [0.1, 0.15) is 0 Å². The monoisotopic (exact) mass is 238 g/mol. The van der Waals surface area contributed by atoms with Gasteiger partial charge in [0, 0.05) is 12.2 Å². The van der Waals surface area contributed by atoms with Crippen molar-refractivity contribution in [3.8, 4) is 0 Å². The molecule has 5 heteroatoms. The van der Waals surface area contributed by atoms with E-state index >= 15 is 0 Å². The predicted molar refractivity (Wildman–Crippen MR) is 65.5 cm³/mol. The van der Waals surface area contributed by atoms with E-state index in [0.717, 1.165) is 5.56 Å². The zero-order valence-electron chi connectivity index (χ0n) is 9.69.